The summed E-state index contributed by atoms with van der Waals surface area (Å²) in [5.41, 5.74) is 1.18. The van der Waals surface area contributed by atoms with E-state index in [1.54, 1.807) is 0 Å². The average Bonchev–Trinajstić information content (AvgIpc) is 2.64. The first-order valence-electron chi connectivity index (χ1n) is 5.72. The predicted molar refractivity (Wildman–Crippen MR) is 60.6 cm³/mol. The first-order valence-corrected chi connectivity index (χ1v) is 5.72. The van der Waals surface area contributed by atoms with Gasteiger partial charge in [-0.15, -0.1) is 0 Å². The molecule has 0 amide bonds. The van der Waals surface area contributed by atoms with Gasteiger partial charge in [0.2, 0.25) is 0 Å². The number of aromatic nitrogens is 2. The Balaban J connectivity index is 1.88. The van der Waals surface area contributed by atoms with Crippen LogP contribution in [0.25, 0.3) is 0 Å². The number of hydrogen-bond donors (Lipinski definition) is 1. The summed E-state index contributed by atoms with van der Waals surface area (Å²) >= 11 is 0. The first kappa shape index (κ1) is 10.6. The van der Waals surface area contributed by atoms with Crippen LogP contribution in [0.2, 0.25) is 0 Å². The molecule has 15 heavy (non-hydrogen) atoms. The molecule has 0 aliphatic carbocycles. The number of aryl methyl sites for hydroxylation is 1. The zero-order valence-electron chi connectivity index (χ0n) is 9.61. The van der Waals surface area contributed by atoms with Crippen molar-refractivity contribution >= 4 is 0 Å². The third-order valence-electron chi connectivity index (χ3n) is 2.99. The molecule has 1 saturated heterocycles. The van der Waals surface area contributed by atoms with E-state index in [0.717, 1.165) is 26.2 Å². The smallest absolute Gasteiger partial charge is 0.0764 e. The molecule has 2 heterocycles. The molecule has 1 aliphatic heterocycles. The van der Waals surface area contributed by atoms with E-state index < -0.39 is 0 Å². The van der Waals surface area contributed by atoms with Crippen molar-refractivity contribution < 1.29 is 0 Å². The molecule has 1 aliphatic rings. The van der Waals surface area contributed by atoms with Gasteiger partial charge < -0.3 is 5.32 Å². The van der Waals surface area contributed by atoms with Gasteiger partial charge in [-0.3, -0.25) is 9.58 Å². The van der Waals surface area contributed by atoms with Gasteiger partial charge in [-0.05, 0) is 12.5 Å². The molecule has 4 heteroatoms. The Morgan fingerprint density at radius 1 is 1.60 bits per heavy atom. The van der Waals surface area contributed by atoms with Crippen molar-refractivity contribution in [3.8, 4) is 0 Å². The first-order chi connectivity index (χ1) is 7.28. The Morgan fingerprint density at radius 3 is 3.13 bits per heavy atom. The number of nitrogens with zero attached hydrogens (tertiary/aromatic N) is 3. The highest BCUT2D eigenvalue weighted by Gasteiger charge is 2.18. The van der Waals surface area contributed by atoms with Gasteiger partial charge in [0.15, 0.2) is 0 Å². The lowest BCUT2D eigenvalue weighted by molar-refractivity contribution is 0.187. The van der Waals surface area contributed by atoms with Gasteiger partial charge in [-0.1, -0.05) is 6.92 Å². The van der Waals surface area contributed by atoms with Gasteiger partial charge in [-0.25, -0.2) is 0 Å². The second-order valence-electron chi connectivity index (χ2n) is 4.28. The van der Waals surface area contributed by atoms with Crippen LogP contribution in [0.3, 0.4) is 0 Å². The molecule has 84 valence electrons. The molecule has 1 unspecified atom stereocenters. The van der Waals surface area contributed by atoms with E-state index in [2.05, 4.69) is 28.3 Å². The van der Waals surface area contributed by atoms with Crippen LogP contribution in [0.4, 0.5) is 0 Å². The molecule has 1 aromatic rings. The molecule has 0 radical (unpaired) electrons. The minimum absolute atomic E-state index is 0.655. The minimum atomic E-state index is 0.655. The van der Waals surface area contributed by atoms with Gasteiger partial charge in [-0.2, -0.15) is 5.10 Å². The van der Waals surface area contributed by atoms with Crippen molar-refractivity contribution in [3.05, 3.63) is 18.0 Å². The fraction of sp³-hybridized carbons (Fsp3) is 0.727. The predicted octanol–water partition coefficient (Wildman–Crippen LogP) is 0.604. The van der Waals surface area contributed by atoms with Crippen LogP contribution in [0, 0.1) is 0 Å². The molecule has 1 aromatic heterocycles. The fourth-order valence-corrected chi connectivity index (χ4v) is 2.09. The zero-order chi connectivity index (χ0) is 10.7. The lowest BCUT2D eigenvalue weighted by Gasteiger charge is -2.32. The van der Waals surface area contributed by atoms with Crippen LogP contribution in [-0.2, 0) is 13.6 Å². The number of piperazine rings is 1. The van der Waals surface area contributed by atoms with E-state index in [1.165, 1.54) is 12.1 Å². The Labute approximate surface area is 91.3 Å². The normalized spacial score (nSPS) is 23.2. The second-order valence-corrected chi connectivity index (χ2v) is 4.28. The largest absolute Gasteiger partial charge is 0.311 e. The maximum atomic E-state index is 4.41. The van der Waals surface area contributed by atoms with E-state index in [0.29, 0.717) is 6.04 Å². The SMILES string of the molecule is CCC1CN(Cc2ccn(C)n2)CCN1. The van der Waals surface area contributed by atoms with Crippen molar-refractivity contribution in [1.29, 1.82) is 0 Å². The van der Waals surface area contributed by atoms with E-state index in [-0.39, 0.29) is 0 Å². The molecule has 0 saturated carbocycles. The monoisotopic (exact) mass is 208 g/mol. The van der Waals surface area contributed by atoms with Crippen LogP contribution in [-0.4, -0.2) is 40.4 Å². The Kier molecular flexibility index (Phi) is 3.38. The molecule has 1 atom stereocenters. The Hall–Kier alpha value is -0.870. The average molecular weight is 208 g/mol. The summed E-state index contributed by atoms with van der Waals surface area (Å²) in [4.78, 5) is 2.48. The van der Waals surface area contributed by atoms with Crippen LogP contribution in [0.1, 0.15) is 19.0 Å². The molecule has 0 bridgehead atoms. The van der Waals surface area contributed by atoms with Crippen LogP contribution >= 0.6 is 0 Å². The summed E-state index contributed by atoms with van der Waals surface area (Å²) in [6.45, 7) is 6.60. The van der Waals surface area contributed by atoms with Crippen molar-refractivity contribution in [2.75, 3.05) is 19.6 Å². The minimum Gasteiger partial charge on any atom is -0.311 e. The quantitative estimate of drug-likeness (QED) is 0.790. The molecule has 0 spiro atoms. The van der Waals surface area contributed by atoms with Crippen molar-refractivity contribution in [2.45, 2.75) is 25.9 Å². The highest BCUT2D eigenvalue weighted by Crippen LogP contribution is 2.06. The Bertz CT molecular complexity index is 307. The third-order valence-corrected chi connectivity index (χ3v) is 2.99. The number of rotatable bonds is 3. The van der Waals surface area contributed by atoms with E-state index in [4.69, 9.17) is 0 Å². The highest BCUT2D eigenvalue weighted by molar-refractivity contribution is 4.99. The summed E-state index contributed by atoms with van der Waals surface area (Å²) < 4.78 is 1.87. The van der Waals surface area contributed by atoms with Gasteiger partial charge in [0.05, 0.1) is 5.69 Å². The van der Waals surface area contributed by atoms with Crippen LogP contribution in [0.15, 0.2) is 12.3 Å². The van der Waals surface area contributed by atoms with Crippen LogP contribution < -0.4 is 5.32 Å². The number of hydrogen-bond acceptors (Lipinski definition) is 3. The lowest BCUT2D eigenvalue weighted by atomic mass is 10.1. The van der Waals surface area contributed by atoms with Crippen molar-refractivity contribution in [3.63, 3.8) is 0 Å². The molecule has 0 aromatic carbocycles. The molecule has 1 N–H and O–H groups in total. The van der Waals surface area contributed by atoms with Gasteiger partial charge >= 0.3 is 0 Å². The summed E-state index contributed by atoms with van der Waals surface area (Å²) in [6, 6.07) is 2.76. The van der Waals surface area contributed by atoms with Gasteiger partial charge in [0.25, 0.3) is 0 Å². The molecular formula is C11H20N4. The summed E-state index contributed by atoms with van der Waals surface area (Å²) in [7, 11) is 1.97. The van der Waals surface area contributed by atoms with E-state index in [1.807, 2.05) is 17.9 Å². The van der Waals surface area contributed by atoms with E-state index in [9.17, 15) is 0 Å². The second kappa shape index (κ2) is 4.77. The van der Waals surface area contributed by atoms with E-state index >= 15 is 0 Å². The topological polar surface area (TPSA) is 33.1 Å². The summed E-state index contributed by atoms with van der Waals surface area (Å²) in [5, 5.41) is 7.93. The summed E-state index contributed by atoms with van der Waals surface area (Å²) in [6.07, 6.45) is 3.22. The third kappa shape index (κ3) is 2.79. The maximum Gasteiger partial charge on any atom is 0.0764 e. The molecule has 4 nitrogen and oxygen atoms in total. The fourth-order valence-electron chi connectivity index (χ4n) is 2.09. The lowest BCUT2D eigenvalue weighted by Crippen LogP contribution is -2.49. The van der Waals surface area contributed by atoms with Crippen LogP contribution in [0.5, 0.6) is 0 Å². The standard InChI is InChI=1S/C11H20N4/c1-3-10-8-15(7-5-12-10)9-11-4-6-14(2)13-11/h4,6,10,12H,3,5,7-9H2,1-2H3. The molecular weight excluding hydrogens is 188 g/mol. The van der Waals surface area contributed by atoms with Gasteiger partial charge in [0.1, 0.15) is 0 Å². The maximum absolute atomic E-state index is 4.41. The highest BCUT2D eigenvalue weighted by atomic mass is 15.3. The van der Waals surface area contributed by atoms with Gasteiger partial charge in [0, 0.05) is 45.5 Å². The summed E-state index contributed by atoms with van der Waals surface area (Å²) in [5.74, 6) is 0. The molecule has 1 fully saturated rings. The Morgan fingerprint density at radius 2 is 2.47 bits per heavy atom. The molecule has 2 rings (SSSR count). The zero-order valence-corrected chi connectivity index (χ0v) is 9.61. The van der Waals surface area contributed by atoms with Crippen molar-refractivity contribution in [2.24, 2.45) is 7.05 Å². The van der Waals surface area contributed by atoms with Crippen molar-refractivity contribution in [1.82, 2.24) is 20.0 Å². The number of nitrogens with one attached hydrogen (secondary N) is 1.